The molecule has 8 heavy (non-hydrogen) atoms. The summed E-state index contributed by atoms with van der Waals surface area (Å²) in [7, 11) is -2.15. The Kier molecular flexibility index (Phi) is 11.1. The van der Waals surface area contributed by atoms with E-state index < -0.39 is 8.03 Å². The van der Waals surface area contributed by atoms with Gasteiger partial charge in [-0.3, -0.25) is 4.57 Å². The molecule has 0 aromatic carbocycles. The largest absolute Gasteiger partial charge is 0.346 e. The van der Waals surface area contributed by atoms with Gasteiger partial charge in [-0.1, -0.05) is 13.3 Å². The fourth-order valence-corrected chi connectivity index (χ4v) is 0.984. The summed E-state index contributed by atoms with van der Waals surface area (Å²) in [6.45, 7) is 2.00. The Morgan fingerprint density at radius 1 is 1.62 bits per heavy atom. The highest BCUT2D eigenvalue weighted by atomic mass is 31.1. The maximum atomic E-state index is 9.94. The first-order chi connectivity index (χ1) is 3.27. The van der Waals surface area contributed by atoms with Crippen molar-refractivity contribution in [2.75, 3.05) is 6.16 Å². The van der Waals surface area contributed by atoms with Crippen LogP contribution in [0.4, 0.5) is 0 Å². The predicted molar refractivity (Wildman–Crippen MR) is 40.9 cm³/mol. The molecular weight excluding hydrogens is 138 g/mol. The molecule has 0 aromatic rings. The third-order valence-electron chi connectivity index (χ3n) is 0.744. The zero-order valence-corrected chi connectivity index (χ0v) is 5.48. The Hall–Kier alpha value is 0.722. The molecule has 0 bridgehead atoms. The van der Waals surface area contributed by atoms with E-state index in [0.29, 0.717) is 6.16 Å². The van der Waals surface area contributed by atoms with E-state index in [9.17, 15) is 4.57 Å². The van der Waals surface area contributed by atoms with Gasteiger partial charge in [0.25, 0.3) is 0 Å². The number of rotatable bonds is 3. The van der Waals surface area contributed by atoms with Gasteiger partial charge >= 0.3 is 0 Å². The molecule has 0 spiro atoms. The van der Waals surface area contributed by atoms with Gasteiger partial charge in [0, 0.05) is 6.16 Å². The van der Waals surface area contributed by atoms with Crippen LogP contribution in [0.1, 0.15) is 19.8 Å². The lowest BCUT2D eigenvalue weighted by Gasteiger charge is -1.87. The molecule has 0 aromatic heterocycles. The van der Waals surface area contributed by atoms with Crippen LogP contribution in [0, 0.1) is 0 Å². The van der Waals surface area contributed by atoms with Crippen LogP contribution in [0.5, 0.6) is 0 Å². The maximum absolute atomic E-state index is 9.94. The van der Waals surface area contributed by atoms with E-state index >= 15 is 0 Å². The minimum atomic E-state index is -2.15. The van der Waals surface area contributed by atoms with Crippen molar-refractivity contribution in [3.63, 3.8) is 0 Å². The molecule has 50 valence electrons. The first kappa shape index (κ1) is 11.5. The molecule has 0 aliphatic rings. The zero-order valence-electron chi connectivity index (χ0n) is 4.48. The second-order valence-corrected chi connectivity index (χ2v) is 2.78. The SMILES string of the molecule is CCCC[PH](=O)O.[AlH3]. The maximum Gasteiger partial charge on any atom is 0.189 e. The molecule has 0 rings (SSSR count). The van der Waals surface area contributed by atoms with E-state index in [0.717, 1.165) is 12.8 Å². The monoisotopic (exact) mass is 152 g/mol. The molecule has 1 atom stereocenters. The summed E-state index contributed by atoms with van der Waals surface area (Å²) < 4.78 is 9.94. The van der Waals surface area contributed by atoms with Crippen molar-refractivity contribution in [1.82, 2.24) is 0 Å². The predicted octanol–water partition coefficient (Wildman–Crippen LogP) is 0.0696. The third kappa shape index (κ3) is 9.87. The number of hydrogen-bond donors (Lipinski definition) is 1. The minimum Gasteiger partial charge on any atom is -0.346 e. The fraction of sp³-hybridized carbons (Fsp3) is 1.00. The molecule has 0 aliphatic heterocycles. The lowest BCUT2D eigenvalue weighted by Crippen LogP contribution is -1.73. The van der Waals surface area contributed by atoms with Crippen molar-refractivity contribution in [3.05, 3.63) is 0 Å². The Morgan fingerprint density at radius 2 is 2.12 bits per heavy atom. The van der Waals surface area contributed by atoms with Crippen molar-refractivity contribution < 1.29 is 9.46 Å². The molecule has 0 saturated carbocycles. The second-order valence-electron chi connectivity index (χ2n) is 1.50. The Morgan fingerprint density at radius 3 is 2.25 bits per heavy atom. The quantitative estimate of drug-likeness (QED) is 0.459. The van der Waals surface area contributed by atoms with Crippen LogP contribution in [-0.2, 0) is 4.57 Å². The zero-order chi connectivity index (χ0) is 5.70. The standard InChI is InChI=1S/C4H11O2P.Al.3H/c1-2-3-4-7(5)6;;;;/h7H,2-4H2,1H3,(H,5,6);;;;. The van der Waals surface area contributed by atoms with Gasteiger partial charge in [0.2, 0.25) is 0 Å². The average molecular weight is 152 g/mol. The highest BCUT2D eigenvalue weighted by molar-refractivity contribution is 7.37. The molecule has 4 heteroatoms. The van der Waals surface area contributed by atoms with Gasteiger partial charge in [-0.2, -0.15) is 0 Å². The van der Waals surface area contributed by atoms with Crippen LogP contribution in [0.25, 0.3) is 0 Å². The number of hydrogen-bond acceptors (Lipinski definition) is 1. The van der Waals surface area contributed by atoms with Crippen molar-refractivity contribution in [1.29, 1.82) is 0 Å². The Bertz CT molecular complexity index is 67.1. The topological polar surface area (TPSA) is 37.3 Å². The van der Waals surface area contributed by atoms with Crippen LogP contribution in [0.15, 0.2) is 0 Å². The molecule has 1 N–H and O–H groups in total. The van der Waals surface area contributed by atoms with Crippen molar-refractivity contribution >= 4 is 25.4 Å². The normalized spacial score (nSPS) is 12.2. The summed E-state index contributed by atoms with van der Waals surface area (Å²) in [6.07, 6.45) is 2.40. The van der Waals surface area contributed by atoms with Gasteiger partial charge in [-0.25, -0.2) is 0 Å². The van der Waals surface area contributed by atoms with E-state index in [1.165, 1.54) is 0 Å². The van der Waals surface area contributed by atoms with E-state index in [4.69, 9.17) is 4.89 Å². The van der Waals surface area contributed by atoms with Gasteiger partial charge in [-0.15, -0.1) is 0 Å². The Labute approximate surface area is 61.3 Å². The van der Waals surface area contributed by atoms with Crippen molar-refractivity contribution in [2.45, 2.75) is 19.8 Å². The lowest BCUT2D eigenvalue weighted by molar-refractivity contribution is 0.501. The summed E-state index contributed by atoms with van der Waals surface area (Å²) >= 11 is 0. The van der Waals surface area contributed by atoms with Crippen LogP contribution < -0.4 is 0 Å². The van der Waals surface area contributed by atoms with Gasteiger partial charge in [0.15, 0.2) is 25.4 Å². The van der Waals surface area contributed by atoms with Gasteiger partial charge in [0.1, 0.15) is 0 Å². The Balaban J connectivity index is 0. The highest BCUT2D eigenvalue weighted by Gasteiger charge is 1.87. The molecule has 0 radical (unpaired) electrons. The third-order valence-corrected chi connectivity index (χ3v) is 1.53. The summed E-state index contributed by atoms with van der Waals surface area (Å²) in [5.74, 6) is 0. The molecule has 0 fully saturated rings. The number of unbranched alkanes of at least 4 members (excludes halogenated alkanes) is 1. The highest BCUT2D eigenvalue weighted by Crippen LogP contribution is 2.13. The first-order valence-corrected chi connectivity index (χ1v) is 4.05. The average Bonchev–Trinajstić information content (AvgIpc) is 1.61. The van der Waals surface area contributed by atoms with Crippen LogP contribution in [-0.4, -0.2) is 28.4 Å². The van der Waals surface area contributed by atoms with Gasteiger partial charge in [-0.05, 0) is 6.42 Å². The van der Waals surface area contributed by atoms with Crippen LogP contribution >= 0.6 is 8.03 Å². The lowest BCUT2D eigenvalue weighted by atomic mass is 10.4. The summed E-state index contributed by atoms with van der Waals surface area (Å²) in [5, 5.41) is 0. The first-order valence-electron chi connectivity index (χ1n) is 2.49. The fourth-order valence-electron chi connectivity index (χ4n) is 0.328. The molecule has 0 amide bonds. The molecule has 0 heterocycles. The van der Waals surface area contributed by atoms with Gasteiger partial charge < -0.3 is 4.89 Å². The van der Waals surface area contributed by atoms with Crippen LogP contribution in [0.3, 0.4) is 0 Å². The summed E-state index contributed by atoms with van der Waals surface area (Å²) in [5.41, 5.74) is 0. The molecule has 0 aliphatic carbocycles. The summed E-state index contributed by atoms with van der Waals surface area (Å²) in [4.78, 5) is 8.23. The van der Waals surface area contributed by atoms with E-state index in [1.54, 1.807) is 0 Å². The van der Waals surface area contributed by atoms with Crippen LogP contribution in [0.2, 0.25) is 0 Å². The van der Waals surface area contributed by atoms with E-state index in [2.05, 4.69) is 0 Å². The van der Waals surface area contributed by atoms with Crippen molar-refractivity contribution in [3.8, 4) is 0 Å². The smallest absolute Gasteiger partial charge is 0.189 e. The molecule has 0 saturated heterocycles. The van der Waals surface area contributed by atoms with Gasteiger partial charge in [0.05, 0.1) is 0 Å². The van der Waals surface area contributed by atoms with Crippen molar-refractivity contribution in [2.24, 2.45) is 0 Å². The summed E-state index contributed by atoms with van der Waals surface area (Å²) in [6, 6.07) is 0. The van der Waals surface area contributed by atoms with E-state index in [-0.39, 0.29) is 17.4 Å². The second kappa shape index (κ2) is 7.72. The molecule has 2 nitrogen and oxygen atoms in total. The molecule has 1 unspecified atom stereocenters. The molecular formula is C4H14AlO2P. The minimum absolute atomic E-state index is 0. The van der Waals surface area contributed by atoms with E-state index in [1.807, 2.05) is 6.92 Å².